The molecule has 1 aliphatic rings. The zero-order valence-electron chi connectivity index (χ0n) is 19.5. The van der Waals surface area contributed by atoms with Crippen molar-refractivity contribution in [1.82, 2.24) is 0 Å². The van der Waals surface area contributed by atoms with Crippen molar-refractivity contribution in [3.63, 3.8) is 0 Å². The molecule has 5 heteroatoms. The first kappa shape index (κ1) is 22.6. The van der Waals surface area contributed by atoms with Crippen LogP contribution >= 0.6 is 0 Å². The van der Waals surface area contributed by atoms with E-state index in [1.807, 2.05) is 78.6 Å². The minimum absolute atomic E-state index is 0.0250. The van der Waals surface area contributed by atoms with E-state index in [1.54, 1.807) is 4.90 Å². The Morgan fingerprint density at radius 1 is 0.939 bits per heavy atom. The number of para-hydroxylation sites is 2. The van der Waals surface area contributed by atoms with Crippen LogP contribution in [-0.4, -0.2) is 31.5 Å². The van der Waals surface area contributed by atoms with Crippen LogP contribution in [0.1, 0.15) is 34.8 Å². The molecule has 1 aliphatic heterocycles. The van der Waals surface area contributed by atoms with E-state index in [0.717, 1.165) is 17.1 Å². The van der Waals surface area contributed by atoms with Gasteiger partial charge in [0.05, 0.1) is 23.9 Å². The third-order valence-corrected chi connectivity index (χ3v) is 6.15. The Hall–Kier alpha value is -3.60. The molecule has 0 saturated heterocycles. The maximum Gasteiger partial charge on any atom is 0.258 e. The lowest BCUT2D eigenvalue weighted by Gasteiger charge is -2.25. The number of benzene rings is 3. The van der Waals surface area contributed by atoms with Crippen LogP contribution in [0.15, 0.2) is 72.8 Å². The molecule has 1 heterocycles. The molecule has 0 aromatic heterocycles. The fraction of sp³-hybridized carbons (Fsp3) is 0.286. The van der Waals surface area contributed by atoms with Crippen molar-refractivity contribution in [1.29, 1.82) is 0 Å². The first-order valence-electron chi connectivity index (χ1n) is 11.4. The highest BCUT2D eigenvalue weighted by Crippen LogP contribution is 2.35. The van der Waals surface area contributed by atoms with Crippen LogP contribution in [0.4, 0.5) is 11.4 Å². The highest BCUT2D eigenvalue weighted by atomic mass is 16.5. The number of fused-ring (bicyclic) bond motifs is 1. The summed E-state index contributed by atoms with van der Waals surface area (Å²) in [6, 6.07) is 22.9. The van der Waals surface area contributed by atoms with Gasteiger partial charge in [-0.2, -0.15) is 0 Å². The van der Waals surface area contributed by atoms with E-state index in [2.05, 4.69) is 19.9 Å². The average Bonchev–Trinajstić information content (AvgIpc) is 2.94. The second-order valence-electron chi connectivity index (χ2n) is 8.61. The van der Waals surface area contributed by atoms with Gasteiger partial charge < -0.3 is 14.5 Å². The molecule has 0 fully saturated rings. The van der Waals surface area contributed by atoms with Crippen molar-refractivity contribution in [2.75, 3.05) is 29.5 Å². The van der Waals surface area contributed by atoms with Gasteiger partial charge in [-0.3, -0.25) is 9.59 Å². The SMILES string of the molecule is Cc1ccc(OCCCN2C(=O)C(C)CN(C(=O)c3ccccc3)c3ccccc32)cc1C. The van der Waals surface area contributed by atoms with Crippen LogP contribution in [0, 0.1) is 19.8 Å². The number of carbonyl (C=O) groups excluding carboxylic acids is 2. The van der Waals surface area contributed by atoms with Crippen molar-refractivity contribution in [3.8, 4) is 5.75 Å². The molecule has 1 unspecified atom stereocenters. The van der Waals surface area contributed by atoms with Crippen LogP contribution in [0.25, 0.3) is 0 Å². The standard InChI is InChI=1S/C28H30N2O3/c1-20-14-15-24(18-21(20)2)33-17-9-16-29-25-12-7-8-13-26(25)30(19-22(3)27(29)31)28(32)23-10-5-4-6-11-23/h4-8,10-15,18,22H,9,16-17,19H2,1-3H3. The van der Waals surface area contributed by atoms with Gasteiger partial charge in [-0.25, -0.2) is 0 Å². The summed E-state index contributed by atoms with van der Waals surface area (Å²) in [5, 5.41) is 0. The number of rotatable bonds is 6. The zero-order valence-corrected chi connectivity index (χ0v) is 19.5. The molecule has 0 bridgehead atoms. The van der Waals surface area contributed by atoms with Crippen molar-refractivity contribution in [2.45, 2.75) is 27.2 Å². The lowest BCUT2D eigenvalue weighted by molar-refractivity contribution is -0.121. The van der Waals surface area contributed by atoms with E-state index < -0.39 is 0 Å². The summed E-state index contributed by atoms with van der Waals surface area (Å²) in [4.78, 5) is 30.2. The van der Waals surface area contributed by atoms with Crippen molar-refractivity contribution < 1.29 is 14.3 Å². The molecule has 2 amide bonds. The number of nitrogens with zero attached hydrogens (tertiary/aromatic N) is 2. The van der Waals surface area contributed by atoms with Crippen LogP contribution in [0.3, 0.4) is 0 Å². The summed E-state index contributed by atoms with van der Waals surface area (Å²) in [6.45, 7) is 7.42. The number of carbonyl (C=O) groups is 2. The monoisotopic (exact) mass is 442 g/mol. The van der Waals surface area contributed by atoms with Gasteiger partial charge in [-0.05, 0) is 67.8 Å². The third-order valence-electron chi connectivity index (χ3n) is 6.15. The number of amides is 2. The predicted molar refractivity (Wildman–Crippen MR) is 132 cm³/mol. The summed E-state index contributed by atoms with van der Waals surface area (Å²) in [7, 11) is 0. The molecule has 0 radical (unpaired) electrons. The van der Waals surface area contributed by atoms with Gasteiger partial charge >= 0.3 is 0 Å². The van der Waals surface area contributed by atoms with Crippen molar-refractivity contribution >= 4 is 23.2 Å². The van der Waals surface area contributed by atoms with E-state index >= 15 is 0 Å². The van der Waals surface area contributed by atoms with Gasteiger partial charge in [-0.1, -0.05) is 43.3 Å². The number of hydrogen-bond acceptors (Lipinski definition) is 3. The molecule has 170 valence electrons. The van der Waals surface area contributed by atoms with Crippen LogP contribution in [-0.2, 0) is 4.79 Å². The lowest BCUT2D eigenvalue weighted by atomic mass is 10.1. The van der Waals surface area contributed by atoms with Crippen LogP contribution in [0.5, 0.6) is 5.75 Å². The predicted octanol–water partition coefficient (Wildman–Crippen LogP) is 5.40. The van der Waals surface area contributed by atoms with Gasteiger partial charge in [0.25, 0.3) is 5.91 Å². The van der Waals surface area contributed by atoms with E-state index in [1.165, 1.54) is 11.1 Å². The minimum Gasteiger partial charge on any atom is -0.494 e. The van der Waals surface area contributed by atoms with Gasteiger partial charge in [0, 0.05) is 18.7 Å². The topological polar surface area (TPSA) is 49.9 Å². The summed E-state index contributed by atoms with van der Waals surface area (Å²) in [6.07, 6.45) is 0.687. The second kappa shape index (κ2) is 9.90. The molecule has 0 saturated carbocycles. The molecule has 33 heavy (non-hydrogen) atoms. The molecule has 1 atom stereocenters. The van der Waals surface area contributed by atoms with Crippen LogP contribution < -0.4 is 14.5 Å². The quantitative estimate of drug-likeness (QED) is 0.480. The Kier molecular flexibility index (Phi) is 6.78. The number of anilines is 2. The minimum atomic E-state index is -0.314. The molecule has 0 aliphatic carbocycles. The number of ether oxygens (including phenoxy) is 1. The van der Waals surface area contributed by atoms with E-state index in [0.29, 0.717) is 31.7 Å². The van der Waals surface area contributed by atoms with E-state index in [9.17, 15) is 9.59 Å². The number of hydrogen-bond donors (Lipinski definition) is 0. The van der Waals surface area contributed by atoms with Crippen LogP contribution in [0.2, 0.25) is 0 Å². The Morgan fingerprint density at radius 3 is 2.36 bits per heavy atom. The summed E-state index contributed by atoms with van der Waals surface area (Å²) in [5.41, 5.74) is 4.57. The average molecular weight is 443 g/mol. The Balaban J connectivity index is 1.52. The van der Waals surface area contributed by atoms with Gasteiger partial charge in [0.2, 0.25) is 5.91 Å². The smallest absolute Gasteiger partial charge is 0.258 e. The first-order valence-corrected chi connectivity index (χ1v) is 11.4. The van der Waals surface area contributed by atoms with E-state index in [-0.39, 0.29) is 17.7 Å². The molecular weight excluding hydrogens is 412 g/mol. The molecule has 5 nitrogen and oxygen atoms in total. The third kappa shape index (κ3) is 4.92. The van der Waals surface area contributed by atoms with E-state index in [4.69, 9.17) is 4.74 Å². The van der Waals surface area contributed by atoms with Crippen molar-refractivity contribution in [2.24, 2.45) is 5.92 Å². The summed E-state index contributed by atoms with van der Waals surface area (Å²) in [5.74, 6) is 0.457. The van der Waals surface area contributed by atoms with Gasteiger partial charge in [-0.15, -0.1) is 0 Å². The zero-order chi connectivity index (χ0) is 23.4. The fourth-order valence-corrected chi connectivity index (χ4v) is 4.13. The summed E-state index contributed by atoms with van der Waals surface area (Å²) < 4.78 is 5.93. The number of aryl methyl sites for hydroxylation is 2. The lowest BCUT2D eigenvalue weighted by Crippen LogP contribution is -2.39. The Labute approximate surface area is 195 Å². The molecule has 3 aromatic carbocycles. The highest BCUT2D eigenvalue weighted by Gasteiger charge is 2.33. The molecule has 3 aromatic rings. The van der Waals surface area contributed by atoms with Gasteiger partial charge in [0.15, 0.2) is 0 Å². The maximum atomic E-state index is 13.3. The molecular formula is C28H30N2O3. The first-order chi connectivity index (χ1) is 16.0. The summed E-state index contributed by atoms with van der Waals surface area (Å²) >= 11 is 0. The second-order valence-corrected chi connectivity index (χ2v) is 8.61. The molecule has 4 rings (SSSR count). The van der Waals surface area contributed by atoms with Gasteiger partial charge in [0.1, 0.15) is 5.75 Å². The highest BCUT2D eigenvalue weighted by molar-refractivity contribution is 6.11. The molecule has 0 spiro atoms. The normalized spacial score (nSPS) is 15.7. The Morgan fingerprint density at radius 2 is 1.64 bits per heavy atom. The fourth-order valence-electron chi connectivity index (χ4n) is 4.13. The Bertz CT molecular complexity index is 1140. The van der Waals surface area contributed by atoms with Crippen molar-refractivity contribution in [3.05, 3.63) is 89.5 Å². The molecule has 0 N–H and O–H groups in total. The maximum absolute atomic E-state index is 13.3. The largest absolute Gasteiger partial charge is 0.494 e.